The zero-order chi connectivity index (χ0) is 19.4. The largest absolute Gasteiger partial charge is 0.325 e. The van der Waals surface area contributed by atoms with Crippen LogP contribution in [0, 0.1) is 6.92 Å². The van der Waals surface area contributed by atoms with Gasteiger partial charge in [-0.1, -0.05) is 42.8 Å². The number of hydrogen-bond donors (Lipinski definition) is 1. The smallest absolute Gasteiger partial charge is 0.234 e. The summed E-state index contributed by atoms with van der Waals surface area (Å²) in [7, 11) is 1.92. The minimum Gasteiger partial charge on any atom is -0.325 e. The summed E-state index contributed by atoms with van der Waals surface area (Å²) in [6.07, 6.45) is 2.20. The Morgan fingerprint density at radius 2 is 2.19 bits per heavy atom. The summed E-state index contributed by atoms with van der Waals surface area (Å²) in [6, 6.07) is 7.63. The van der Waals surface area contributed by atoms with Gasteiger partial charge in [0.25, 0.3) is 0 Å². The first-order valence-corrected chi connectivity index (χ1v) is 10.9. The summed E-state index contributed by atoms with van der Waals surface area (Å²) in [4.78, 5) is 13.6. The number of aryl methyl sites for hydroxylation is 1. The Morgan fingerprint density at radius 3 is 2.96 bits per heavy atom. The van der Waals surface area contributed by atoms with Crippen molar-refractivity contribution in [1.29, 1.82) is 0 Å². The van der Waals surface area contributed by atoms with Crippen molar-refractivity contribution in [2.24, 2.45) is 7.05 Å². The number of aromatic nitrogens is 3. The normalized spacial score (nSPS) is 11.0. The summed E-state index contributed by atoms with van der Waals surface area (Å²) in [5.41, 5.74) is 2.66. The topological polar surface area (TPSA) is 59.8 Å². The first kappa shape index (κ1) is 19.9. The number of amides is 1. The molecule has 1 aromatic carbocycles. The Morgan fingerprint density at radius 1 is 1.37 bits per heavy atom. The molecule has 0 bridgehead atoms. The van der Waals surface area contributed by atoms with Gasteiger partial charge in [0.1, 0.15) is 0 Å². The molecule has 142 valence electrons. The molecule has 0 aliphatic carbocycles. The quantitative estimate of drug-likeness (QED) is 0.534. The Labute approximate surface area is 172 Å². The van der Waals surface area contributed by atoms with Crippen LogP contribution in [-0.4, -0.2) is 26.4 Å². The van der Waals surface area contributed by atoms with E-state index in [9.17, 15) is 4.79 Å². The van der Waals surface area contributed by atoms with Gasteiger partial charge in [-0.25, -0.2) is 0 Å². The number of thiophene rings is 1. The monoisotopic (exact) mass is 420 g/mol. The van der Waals surface area contributed by atoms with E-state index in [-0.39, 0.29) is 11.7 Å². The zero-order valence-electron chi connectivity index (χ0n) is 15.5. The minimum absolute atomic E-state index is 0.101. The van der Waals surface area contributed by atoms with Gasteiger partial charge in [0.05, 0.1) is 5.75 Å². The van der Waals surface area contributed by atoms with Gasteiger partial charge >= 0.3 is 0 Å². The average molecular weight is 421 g/mol. The molecule has 0 fully saturated rings. The first-order valence-electron chi connectivity index (χ1n) is 8.64. The van der Waals surface area contributed by atoms with Crippen molar-refractivity contribution in [2.45, 2.75) is 31.8 Å². The van der Waals surface area contributed by atoms with Crippen LogP contribution in [0.15, 0.2) is 34.8 Å². The van der Waals surface area contributed by atoms with Crippen molar-refractivity contribution in [2.75, 3.05) is 11.1 Å². The van der Waals surface area contributed by atoms with Crippen LogP contribution in [0.5, 0.6) is 0 Å². The van der Waals surface area contributed by atoms with Gasteiger partial charge in [-0.15, -0.1) is 21.5 Å². The fourth-order valence-electron chi connectivity index (χ4n) is 2.63. The summed E-state index contributed by atoms with van der Waals surface area (Å²) >= 11 is 9.21. The van der Waals surface area contributed by atoms with Crippen LogP contribution < -0.4 is 5.32 Å². The van der Waals surface area contributed by atoms with Crippen molar-refractivity contribution >= 4 is 46.3 Å². The lowest BCUT2D eigenvalue weighted by atomic mass is 10.2. The van der Waals surface area contributed by atoms with E-state index in [1.807, 2.05) is 30.7 Å². The summed E-state index contributed by atoms with van der Waals surface area (Å²) in [6.45, 7) is 4.06. The second-order valence-electron chi connectivity index (χ2n) is 6.17. The van der Waals surface area contributed by atoms with E-state index in [0.29, 0.717) is 10.2 Å². The Hall–Kier alpha value is -1.83. The summed E-state index contributed by atoms with van der Waals surface area (Å²) < 4.78 is 1.93. The number of anilines is 1. The fraction of sp³-hybridized carbons (Fsp3) is 0.316. The van der Waals surface area contributed by atoms with Crippen molar-refractivity contribution < 1.29 is 4.79 Å². The fourth-order valence-corrected chi connectivity index (χ4v) is 4.48. The van der Waals surface area contributed by atoms with Crippen molar-refractivity contribution in [3.05, 3.63) is 45.1 Å². The van der Waals surface area contributed by atoms with Crippen LogP contribution >= 0.6 is 34.7 Å². The van der Waals surface area contributed by atoms with Crippen molar-refractivity contribution in [3.8, 4) is 11.4 Å². The van der Waals surface area contributed by atoms with Crippen LogP contribution in [-0.2, 0) is 18.3 Å². The number of carbonyl (C=O) groups is 1. The number of carbonyl (C=O) groups excluding carboxylic acids is 1. The molecular weight excluding hydrogens is 400 g/mol. The molecule has 0 saturated carbocycles. The molecule has 27 heavy (non-hydrogen) atoms. The van der Waals surface area contributed by atoms with Gasteiger partial charge in [-0.05, 0) is 37.1 Å². The highest BCUT2D eigenvalue weighted by molar-refractivity contribution is 7.99. The molecule has 0 aliphatic rings. The molecule has 0 radical (unpaired) electrons. The molecule has 1 amide bonds. The van der Waals surface area contributed by atoms with Gasteiger partial charge in [0.2, 0.25) is 5.91 Å². The first-order chi connectivity index (χ1) is 13.0. The number of benzene rings is 1. The molecular formula is C19H21ClN4OS2. The number of halogens is 1. The van der Waals surface area contributed by atoms with Gasteiger partial charge in [0.15, 0.2) is 11.0 Å². The van der Waals surface area contributed by atoms with E-state index in [2.05, 4.69) is 33.9 Å². The van der Waals surface area contributed by atoms with Crippen LogP contribution in [0.3, 0.4) is 0 Å². The number of nitrogens with zero attached hydrogens (tertiary/aromatic N) is 3. The molecule has 3 aromatic rings. The average Bonchev–Trinajstić information content (AvgIpc) is 3.24. The second kappa shape index (κ2) is 8.91. The van der Waals surface area contributed by atoms with Gasteiger partial charge in [-0.3, -0.25) is 4.79 Å². The van der Waals surface area contributed by atoms with E-state index in [1.165, 1.54) is 16.6 Å². The van der Waals surface area contributed by atoms with Gasteiger partial charge in [0, 0.05) is 33.6 Å². The molecule has 0 atom stereocenters. The lowest BCUT2D eigenvalue weighted by Gasteiger charge is -2.09. The zero-order valence-corrected chi connectivity index (χ0v) is 17.8. The summed E-state index contributed by atoms with van der Waals surface area (Å²) in [5, 5.41) is 14.9. The summed E-state index contributed by atoms with van der Waals surface area (Å²) in [5.74, 6) is 0.973. The van der Waals surface area contributed by atoms with E-state index in [0.717, 1.165) is 35.5 Å². The molecule has 2 heterocycles. The van der Waals surface area contributed by atoms with E-state index in [4.69, 9.17) is 11.6 Å². The molecule has 2 aromatic heterocycles. The third kappa shape index (κ3) is 4.72. The lowest BCUT2D eigenvalue weighted by Crippen LogP contribution is -2.15. The highest BCUT2D eigenvalue weighted by atomic mass is 35.5. The SMILES string of the molecule is CCCc1cc(-c2nnc(SCC(=O)Nc3cccc(Cl)c3C)n2C)cs1. The van der Waals surface area contributed by atoms with Crippen LogP contribution in [0.2, 0.25) is 5.02 Å². The van der Waals surface area contributed by atoms with Gasteiger partial charge < -0.3 is 9.88 Å². The van der Waals surface area contributed by atoms with E-state index >= 15 is 0 Å². The predicted octanol–water partition coefficient (Wildman–Crippen LogP) is 5.19. The predicted molar refractivity (Wildman–Crippen MR) is 114 cm³/mol. The highest BCUT2D eigenvalue weighted by Gasteiger charge is 2.15. The third-order valence-electron chi connectivity index (χ3n) is 4.12. The molecule has 0 saturated heterocycles. The second-order valence-corrected chi connectivity index (χ2v) is 8.51. The number of thioether (sulfide) groups is 1. The number of rotatable bonds is 7. The Kier molecular flexibility index (Phi) is 6.57. The van der Waals surface area contributed by atoms with Gasteiger partial charge in [-0.2, -0.15) is 0 Å². The maximum Gasteiger partial charge on any atom is 0.234 e. The highest BCUT2D eigenvalue weighted by Crippen LogP contribution is 2.28. The van der Waals surface area contributed by atoms with Crippen LogP contribution in [0.1, 0.15) is 23.8 Å². The van der Waals surface area contributed by atoms with E-state index in [1.54, 1.807) is 17.4 Å². The molecule has 1 N–H and O–H groups in total. The molecule has 3 rings (SSSR count). The number of hydrogen-bond acceptors (Lipinski definition) is 5. The maximum absolute atomic E-state index is 12.3. The molecule has 0 aliphatic heterocycles. The van der Waals surface area contributed by atoms with Crippen molar-refractivity contribution in [3.63, 3.8) is 0 Å². The molecule has 8 heteroatoms. The Balaban J connectivity index is 1.63. The minimum atomic E-state index is -0.101. The maximum atomic E-state index is 12.3. The van der Waals surface area contributed by atoms with E-state index < -0.39 is 0 Å². The molecule has 5 nitrogen and oxygen atoms in total. The molecule has 0 unspecified atom stereocenters. The number of nitrogens with one attached hydrogen (secondary N) is 1. The Bertz CT molecular complexity index is 951. The van der Waals surface area contributed by atoms with Crippen LogP contribution in [0.25, 0.3) is 11.4 Å². The third-order valence-corrected chi connectivity index (χ3v) is 6.54. The van der Waals surface area contributed by atoms with Crippen LogP contribution in [0.4, 0.5) is 5.69 Å². The van der Waals surface area contributed by atoms with Crippen molar-refractivity contribution in [1.82, 2.24) is 14.8 Å². The standard InChI is InChI=1S/C19H21ClN4OS2/c1-4-6-14-9-13(10-26-14)18-22-23-19(24(18)3)27-11-17(25)21-16-8-5-7-15(20)12(16)2/h5,7-10H,4,6,11H2,1-3H3,(H,21,25). The lowest BCUT2D eigenvalue weighted by molar-refractivity contribution is -0.113. The molecule has 0 spiro atoms.